The SMILES string of the molecule is C=C/C=C(\C=C)COC(=O)NC(COC(=O)CCSO)C(=O)OCC. The number of allylic oxidation sites excluding steroid dienone is 2. The first-order valence-electron chi connectivity index (χ1n) is 7.44. The molecule has 0 spiro atoms. The van der Waals surface area contributed by atoms with E-state index >= 15 is 0 Å². The first-order valence-corrected chi connectivity index (χ1v) is 8.38. The molecule has 0 saturated heterocycles. The highest BCUT2D eigenvalue weighted by Gasteiger charge is 2.24. The lowest BCUT2D eigenvalue weighted by Crippen LogP contribution is -2.45. The van der Waals surface area contributed by atoms with E-state index in [2.05, 4.69) is 18.5 Å². The van der Waals surface area contributed by atoms with E-state index in [1.165, 1.54) is 12.2 Å². The van der Waals surface area contributed by atoms with Crippen LogP contribution in [0.15, 0.2) is 37.0 Å². The van der Waals surface area contributed by atoms with Gasteiger partial charge < -0.3 is 24.1 Å². The zero-order valence-electron chi connectivity index (χ0n) is 14.1. The third-order valence-corrected chi connectivity index (χ3v) is 3.02. The molecule has 0 heterocycles. The number of hydrogen-bond acceptors (Lipinski definition) is 8. The number of alkyl carbamates (subject to hydrolysis) is 1. The molecule has 0 aromatic rings. The Hall–Kier alpha value is -2.26. The second-order valence-corrected chi connectivity index (χ2v) is 5.14. The molecule has 0 aliphatic heterocycles. The number of nitrogens with one attached hydrogen (secondary N) is 1. The third kappa shape index (κ3) is 11.0. The molecule has 25 heavy (non-hydrogen) atoms. The van der Waals surface area contributed by atoms with E-state index in [0.717, 1.165) is 0 Å². The fraction of sp³-hybridized carbons (Fsp3) is 0.438. The monoisotopic (exact) mass is 373 g/mol. The number of amides is 1. The van der Waals surface area contributed by atoms with E-state index in [-0.39, 0.29) is 25.4 Å². The molecule has 0 bridgehead atoms. The van der Waals surface area contributed by atoms with Crippen LogP contribution in [0.25, 0.3) is 0 Å². The Balaban J connectivity index is 4.61. The molecule has 1 amide bonds. The summed E-state index contributed by atoms with van der Waals surface area (Å²) < 4.78 is 23.2. The number of carbonyl (C=O) groups excluding carboxylic acids is 3. The normalized spacial score (nSPS) is 11.8. The molecule has 0 aromatic heterocycles. The molecule has 1 unspecified atom stereocenters. The van der Waals surface area contributed by atoms with Crippen molar-refractivity contribution in [3.63, 3.8) is 0 Å². The molecule has 0 aliphatic carbocycles. The largest absolute Gasteiger partial charge is 0.464 e. The van der Waals surface area contributed by atoms with Gasteiger partial charge in [-0.2, -0.15) is 0 Å². The van der Waals surface area contributed by atoms with Gasteiger partial charge >= 0.3 is 18.0 Å². The predicted octanol–water partition coefficient (Wildman–Crippen LogP) is 2.08. The van der Waals surface area contributed by atoms with Crippen LogP contribution >= 0.6 is 12.0 Å². The van der Waals surface area contributed by atoms with E-state index < -0.39 is 30.7 Å². The Morgan fingerprint density at radius 3 is 2.52 bits per heavy atom. The van der Waals surface area contributed by atoms with Gasteiger partial charge in [0.05, 0.1) is 13.0 Å². The average Bonchev–Trinajstić information content (AvgIpc) is 2.60. The van der Waals surface area contributed by atoms with E-state index in [4.69, 9.17) is 18.8 Å². The highest BCUT2D eigenvalue weighted by Crippen LogP contribution is 2.01. The maximum absolute atomic E-state index is 11.8. The van der Waals surface area contributed by atoms with Gasteiger partial charge in [-0.25, -0.2) is 9.59 Å². The van der Waals surface area contributed by atoms with Crippen molar-refractivity contribution in [3.8, 4) is 0 Å². The van der Waals surface area contributed by atoms with Crippen molar-refractivity contribution in [1.29, 1.82) is 0 Å². The summed E-state index contributed by atoms with van der Waals surface area (Å²) in [5, 5.41) is 2.28. The summed E-state index contributed by atoms with van der Waals surface area (Å²) >= 11 is 0.502. The molecular formula is C16H23NO7S. The topological polar surface area (TPSA) is 111 Å². The van der Waals surface area contributed by atoms with Crippen LogP contribution in [0.1, 0.15) is 13.3 Å². The summed E-state index contributed by atoms with van der Waals surface area (Å²) in [6, 6.07) is -1.20. The lowest BCUT2D eigenvalue weighted by atomic mass is 10.2. The Kier molecular flexibility index (Phi) is 12.8. The Morgan fingerprint density at radius 1 is 1.24 bits per heavy atom. The molecule has 0 radical (unpaired) electrons. The fourth-order valence-electron chi connectivity index (χ4n) is 1.45. The maximum Gasteiger partial charge on any atom is 0.408 e. The second kappa shape index (κ2) is 14.1. The van der Waals surface area contributed by atoms with Crippen molar-refractivity contribution >= 4 is 30.1 Å². The molecule has 0 rings (SSSR count). The standard InChI is InChI=1S/C16H23NO7S/c1-4-7-12(5-2)10-24-16(20)17-13(15(19)22-6-3)11-23-14(18)8-9-25-21/h4-5,7,13,21H,1-2,6,8-11H2,3H3,(H,17,20)/b12-7+. The predicted molar refractivity (Wildman–Crippen MR) is 94.0 cm³/mol. The van der Waals surface area contributed by atoms with Crippen LogP contribution in [-0.4, -0.2) is 54.2 Å². The van der Waals surface area contributed by atoms with Gasteiger partial charge in [-0.05, 0) is 24.5 Å². The van der Waals surface area contributed by atoms with Crippen LogP contribution in [0.3, 0.4) is 0 Å². The number of ether oxygens (including phenoxy) is 3. The molecular weight excluding hydrogens is 350 g/mol. The lowest BCUT2D eigenvalue weighted by molar-refractivity contribution is -0.151. The second-order valence-electron chi connectivity index (χ2n) is 4.47. The highest BCUT2D eigenvalue weighted by molar-refractivity contribution is 7.93. The lowest BCUT2D eigenvalue weighted by Gasteiger charge is -2.17. The van der Waals surface area contributed by atoms with Crippen LogP contribution in [0.2, 0.25) is 0 Å². The smallest absolute Gasteiger partial charge is 0.408 e. The van der Waals surface area contributed by atoms with Gasteiger partial charge in [-0.1, -0.05) is 31.4 Å². The highest BCUT2D eigenvalue weighted by atomic mass is 32.2. The molecule has 0 fully saturated rings. The van der Waals surface area contributed by atoms with Gasteiger partial charge in [0, 0.05) is 5.75 Å². The van der Waals surface area contributed by atoms with Crippen LogP contribution in [0, 0.1) is 0 Å². The maximum atomic E-state index is 11.8. The molecule has 9 heteroatoms. The fourth-order valence-corrected chi connectivity index (χ4v) is 1.71. The molecule has 0 aliphatic rings. The van der Waals surface area contributed by atoms with Crippen molar-refractivity contribution in [3.05, 3.63) is 37.0 Å². The van der Waals surface area contributed by atoms with E-state index in [9.17, 15) is 14.4 Å². The molecule has 0 aromatic carbocycles. The van der Waals surface area contributed by atoms with Gasteiger partial charge in [0.2, 0.25) is 0 Å². The van der Waals surface area contributed by atoms with E-state index in [1.807, 2.05) is 0 Å². The van der Waals surface area contributed by atoms with Crippen molar-refractivity contribution in [2.45, 2.75) is 19.4 Å². The van der Waals surface area contributed by atoms with Gasteiger partial charge in [-0.3, -0.25) is 4.79 Å². The molecule has 8 nitrogen and oxygen atoms in total. The van der Waals surface area contributed by atoms with E-state index in [0.29, 0.717) is 17.6 Å². The third-order valence-electron chi connectivity index (χ3n) is 2.64. The van der Waals surface area contributed by atoms with Gasteiger partial charge in [-0.15, -0.1) is 0 Å². The van der Waals surface area contributed by atoms with Crippen molar-refractivity contribution in [2.24, 2.45) is 0 Å². The summed E-state index contributed by atoms with van der Waals surface area (Å²) in [4.78, 5) is 35.1. The quantitative estimate of drug-likeness (QED) is 0.231. The number of rotatable bonds is 12. The molecule has 0 saturated carbocycles. The van der Waals surface area contributed by atoms with Crippen molar-refractivity contribution in [2.75, 3.05) is 25.6 Å². The number of esters is 2. The minimum atomic E-state index is -1.20. The van der Waals surface area contributed by atoms with Crippen LogP contribution in [0.4, 0.5) is 4.79 Å². The summed E-state index contributed by atoms with van der Waals surface area (Å²) in [5.74, 6) is -1.21. The Labute approximate surface area is 151 Å². The van der Waals surface area contributed by atoms with E-state index in [1.54, 1.807) is 13.0 Å². The number of hydrogen-bond donors (Lipinski definition) is 2. The minimum Gasteiger partial charge on any atom is -0.464 e. The molecule has 2 N–H and O–H groups in total. The zero-order chi connectivity index (χ0) is 19.1. The minimum absolute atomic E-state index is 0.0315. The summed E-state index contributed by atoms with van der Waals surface area (Å²) in [6.07, 6.45) is 3.72. The van der Waals surface area contributed by atoms with Gasteiger partial charge in [0.15, 0.2) is 6.04 Å². The first-order chi connectivity index (χ1) is 12.0. The van der Waals surface area contributed by atoms with Crippen LogP contribution in [-0.2, 0) is 23.8 Å². The van der Waals surface area contributed by atoms with Crippen molar-refractivity contribution < 1.29 is 33.1 Å². The van der Waals surface area contributed by atoms with Crippen molar-refractivity contribution in [1.82, 2.24) is 5.32 Å². The zero-order valence-corrected chi connectivity index (χ0v) is 14.9. The van der Waals surface area contributed by atoms with Gasteiger partial charge in [0.25, 0.3) is 0 Å². The molecule has 140 valence electrons. The number of carbonyl (C=O) groups is 3. The Bertz CT molecular complexity index is 505. The Morgan fingerprint density at radius 2 is 1.96 bits per heavy atom. The van der Waals surface area contributed by atoms with Crippen LogP contribution < -0.4 is 5.32 Å². The summed E-state index contributed by atoms with van der Waals surface area (Å²) in [6.45, 7) is 8.33. The molecule has 1 atom stereocenters. The average molecular weight is 373 g/mol. The first kappa shape index (κ1) is 22.7. The van der Waals surface area contributed by atoms with Gasteiger partial charge in [0.1, 0.15) is 13.2 Å². The summed E-state index contributed by atoms with van der Waals surface area (Å²) in [7, 11) is 0. The summed E-state index contributed by atoms with van der Waals surface area (Å²) in [5.41, 5.74) is 0.616. The van der Waals surface area contributed by atoms with Crippen LogP contribution in [0.5, 0.6) is 0 Å².